The van der Waals surface area contributed by atoms with Gasteiger partial charge in [0.25, 0.3) is 0 Å². The molecule has 2 heteroatoms. The number of nitrogens with zero attached hydrogens (tertiary/aromatic N) is 1. The quantitative estimate of drug-likeness (QED) is 0.807. The molecule has 0 fully saturated rings. The zero-order chi connectivity index (χ0) is 14.5. The van der Waals surface area contributed by atoms with Gasteiger partial charge in [0.1, 0.15) is 0 Å². The van der Waals surface area contributed by atoms with E-state index in [2.05, 4.69) is 76.4 Å². The third-order valence-corrected chi connectivity index (χ3v) is 4.63. The van der Waals surface area contributed by atoms with Crippen molar-refractivity contribution in [3.8, 4) is 0 Å². The summed E-state index contributed by atoms with van der Waals surface area (Å²) in [6.45, 7) is 6.79. The van der Waals surface area contributed by atoms with E-state index < -0.39 is 0 Å². The van der Waals surface area contributed by atoms with Crippen LogP contribution in [0.15, 0.2) is 24.3 Å². The summed E-state index contributed by atoms with van der Waals surface area (Å²) in [5.74, 6) is 0. The number of nitrogens with one attached hydrogen (secondary N) is 1. The molecule has 0 amide bonds. The van der Waals surface area contributed by atoms with Crippen molar-refractivity contribution < 1.29 is 0 Å². The minimum absolute atomic E-state index is 0.168. The molecule has 1 N–H and O–H groups in total. The number of benzene rings is 1. The monoisotopic (exact) mass is 262 g/mol. The molecule has 1 unspecified atom stereocenters. The smallest absolute Gasteiger partial charge is 0.0504 e. The summed E-state index contributed by atoms with van der Waals surface area (Å²) in [7, 11) is 6.47. The zero-order valence-electron chi connectivity index (χ0n) is 13.5. The van der Waals surface area contributed by atoms with Crippen LogP contribution in [0.25, 0.3) is 0 Å². The highest BCUT2D eigenvalue weighted by molar-refractivity contribution is 5.29. The first kappa shape index (κ1) is 16.2. The van der Waals surface area contributed by atoms with Crippen molar-refractivity contribution in [3.05, 3.63) is 35.4 Å². The molecule has 0 heterocycles. The molecule has 108 valence electrons. The molecule has 0 saturated heterocycles. The van der Waals surface area contributed by atoms with Gasteiger partial charge in [-0.25, -0.2) is 0 Å². The molecule has 0 radical (unpaired) electrons. The average Bonchev–Trinajstić information content (AvgIpc) is 2.44. The van der Waals surface area contributed by atoms with Crippen LogP contribution >= 0.6 is 0 Å². The highest BCUT2D eigenvalue weighted by atomic mass is 15.2. The molecular weight excluding hydrogens is 232 g/mol. The third-order valence-electron chi connectivity index (χ3n) is 4.63. The maximum atomic E-state index is 3.55. The second-order valence-corrected chi connectivity index (χ2v) is 5.53. The molecule has 0 saturated carbocycles. The predicted molar refractivity (Wildman–Crippen MR) is 84.6 cm³/mol. The molecule has 0 aliphatic carbocycles. The van der Waals surface area contributed by atoms with E-state index in [-0.39, 0.29) is 5.54 Å². The lowest BCUT2D eigenvalue weighted by Crippen LogP contribution is -2.52. The Hall–Kier alpha value is -0.860. The highest BCUT2D eigenvalue weighted by Crippen LogP contribution is 2.36. The number of hydrogen-bond acceptors (Lipinski definition) is 2. The Balaban J connectivity index is 3.23. The molecule has 0 bridgehead atoms. The molecule has 1 aromatic rings. The first-order valence-corrected chi connectivity index (χ1v) is 7.49. The summed E-state index contributed by atoms with van der Waals surface area (Å²) < 4.78 is 0. The van der Waals surface area contributed by atoms with Gasteiger partial charge in [-0.1, -0.05) is 45.0 Å². The van der Waals surface area contributed by atoms with E-state index in [4.69, 9.17) is 0 Å². The largest absolute Gasteiger partial charge is 0.311 e. The van der Waals surface area contributed by atoms with E-state index in [1.54, 1.807) is 0 Å². The standard InChI is InChI=1S/C17H30N2/c1-7-14-11-10-12-15(13-14)16(18-4)17(8-2,9-3)19(5)6/h10-13,16,18H,7-9H2,1-6H3. The van der Waals surface area contributed by atoms with Crippen LogP contribution in [0.2, 0.25) is 0 Å². The molecule has 1 rings (SSSR count). The van der Waals surface area contributed by atoms with Crippen molar-refractivity contribution >= 4 is 0 Å². The van der Waals surface area contributed by atoms with E-state index >= 15 is 0 Å². The SMILES string of the molecule is CCc1cccc(C(NC)C(CC)(CC)N(C)C)c1. The van der Waals surface area contributed by atoms with E-state index in [0.717, 1.165) is 19.3 Å². The first-order chi connectivity index (χ1) is 9.05. The van der Waals surface area contributed by atoms with Gasteiger partial charge in [-0.2, -0.15) is 0 Å². The fraction of sp³-hybridized carbons (Fsp3) is 0.647. The first-order valence-electron chi connectivity index (χ1n) is 7.49. The topological polar surface area (TPSA) is 15.3 Å². The summed E-state index contributed by atoms with van der Waals surface area (Å²) in [6, 6.07) is 9.37. The average molecular weight is 262 g/mol. The fourth-order valence-corrected chi connectivity index (χ4v) is 3.29. The molecule has 0 spiro atoms. The number of hydrogen-bond donors (Lipinski definition) is 1. The Morgan fingerprint density at radius 1 is 1.16 bits per heavy atom. The molecule has 1 aromatic carbocycles. The summed E-state index contributed by atoms with van der Waals surface area (Å²) in [4.78, 5) is 2.38. The Morgan fingerprint density at radius 3 is 2.21 bits per heavy atom. The molecule has 0 aromatic heterocycles. The Kier molecular flexibility index (Phi) is 6.02. The van der Waals surface area contributed by atoms with Gasteiger partial charge in [-0.05, 0) is 51.5 Å². The van der Waals surface area contributed by atoms with Crippen LogP contribution in [-0.4, -0.2) is 31.6 Å². The molecule has 0 aliphatic rings. The van der Waals surface area contributed by atoms with Crippen LogP contribution in [0.5, 0.6) is 0 Å². The lowest BCUT2D eigenvalue weighted by Gasteiger charge is -2.45. The molecule has 1 atom stereocenters. The van der Waals surface area contributed by atoms with Crippen molar-refractivity contribution in [1.82, 2.24) is 10.2 Å². The second-order valence-electron chi connectivity index (χ2n) is 5.53. The number of rotatable bonds is 7. The highest BCUT2D eigenvalue weighted by Gasteiger charge is 2.37. The predicted octanol–water partition coefficient (Wildman–Crippen LogP) is 3.63. The number of likely N-dealkylation sites (N-methyl/N-ethyl adjacent to an activating group) is 2. The summed E-state index contributed by atoms with van der Waals surface area (Å²) >= 11 is 0. The van der Waals surface area contributed by atoms with Crippen molar-refractivity contribution in [2.45, 2.75) is 51.6 Å². The van der Waals surface area contributed by atoms with Crippen LogP contribution in [0.1, 0.15) is 50.8 Å². The van der Waals surface area contributed by atoms with Gasteiger partial charge >= 0.3 is 0 Å². The van der Waals surface area contributed by atoms with Crippen molar-refractivity contribution in [1.29, 1.82) is 0 Å². The van der Waals surface area contributed by atoms with Crippen molar-refractivity contribution in [2.75, 3.05) is 21.1 Å². The Bertz CT molecular complexity index is 381. The van der Waals surface area contributed by atoms with E-state index in [9.17, 15) is 0 Å². The number of aryl methyl sites for hydroxylation is 1. The molecule has 0 aliphatic heterocycles. The van der Waals surface area contributed by atoms with Crippen molar-refractivity contribution in [2.24, 2.45) is 0 Å². The van der Waals surface area contributed by atoms with Gasteiger partial charge in [0.2, 0.25) is 0 Å². The van der Waals surface area contributed by atoms with Crippen molar-refractivity contribution in [3.63, 3.8) is 0 Å². The lowest BCUT2D eigenvalue weighted by molar-refractivity contribution is 0.0917. The van der Waals surface area contributed by atoms with Crippen LogP contribution in [-0.2, 0) is 6.42 Å². The Labute approximate surface area is 119 Å². The fourth-order valence-electron chi connectivity index (χ4n) is 3.29. The summed E-state index contributed by atoms with van der Waals surface area (Å²) in [6.07, 6.45) is 3.37. The maximum Gasteiger partial charge on any atom is 0.0504 e. The van der Waals surface area contributed by atoms with Gasteiger partial charge < -0.3 is 10.2 Å². The summed E-state index contributed by atoms with van der Waals surface area (Å²) in [5.41, 5.74) is 2.98. The minimum Gasteiger partial charge on any atom is -0.311 e. The molecule has 19 heavy (non-hydrogen) atoms. The van der Waals surface area contributed by atoms with Crippen LogP contribution in [0.4, 0.5) is 0 Å². The summed E-state index contributed by atoms with van der Waals surface area (Å²) in [5, 5.41) is 3.55. The van der Waals surface area contributed by atoms with Gasteiger partial charge in [-0.15, -0.1) is 0 Å². The zero-order valence-corrected chi connectivity index (χ0v) is 13.5. The van der Waals surface area contributed by atoms with Gasteiger partial charge in [0, 0.05) is 5.54 Å². The minimum atomic E-state index is 0.168. The Morgan fingerprint density at radius 2 is 1.79 bits per heavy atom. The van der Waals surface area contributed by atoms with Crippen LogP contribution in [0, 0.1) is 0 Å². The lowest BCUT2D eigenvalue weighted by atomic mass is 9.79. The van der Waals surface area contributed by atoms with E-state index in [1.165, 1.54) is 11.1 Å². The molecular formula is C17H30N2. The van der Waals surface area contributed by atoms with E-state index in [0.29, 0.717) is 6.04 Å². The normalized spacial score (nSPS) is 13.8. The van der Waals surface area contributed by atoms with E-state index in [1.807, 2.05) is 0 Å². The second kappa shape index (κ2) is 7.06. The van der Waals surface area contributed by atoms with Crippen LogP contribution in [0.3, 0.4) is 0 Å². The van der Waals surface area contributed by atoms with Gasteiger partial charge in [0.15, 0.2) is 0 Å². The molecule has 2 nitrogen and oxygen atoms in total. The third kappa shape index (κ3) is 3.18. The van der Waals surface area contributed by atoms with Gasteiger partial charge in [0.05, 0.1) is 6.04 Å². The maximum absolute atomic E-state index is 3.55. The van der Waals surface area contributed by atoms with Gasteiger partial charge in [-0.3, -0.25) is 0 Å². The van der Waals surface area contributed by atoms with Crippen LogP contribution < -0.4 is 5.32 Å².